The van der Waals surface area contributed by atoms with E-state index in [1.807, 2.05) is 0 Å². The maximum atomic E-state index is 11.8. The fourth-order valence-corrected chi connectivity index (χ4v) is 1.88. The fourth-order valence-electron chi connectivity index (χ4n) is 1.88. The molecule has 0 saturated heterocycles. The fraction of sp³-hybridized carbons (Fsp3) is 0.312. The van der Waals surface area contributed by atoms with Gasteiger partial charge in [-0.1, -0.05) is 6.08 Å². The van der Waals surface area contributed by atoms with Crippen molar-refractivity contribution in [1.29, 1.82) is 0 Å². The van der Waals surface area contributed by atoms with Crippen LogP contribution in [0, 0.1) is 0 Å². The molecule has 3 N–H and O–H groups in total. The number of hydrogen-bond donors (Lipinski definition) is 3. The van der Waals surface area contributed by atoms with Gasteiger partial charge in [-0.25, -0.2) is 4.79 Å². The quantitative estimate of drug-likeness (QED) is 0.524. The summed E-state index contributed by atoms with van der Waals surface area (Å²) in [4.78, 5) is 11.8. The summed E-state index contributed by atoms with van der Waals surface area (Å²) in [5, 5.41) is 28.4. The Bertz CT molecular complexity index is 748. The minimum Gasteiger partial charge on any atom is -0.504 e. The van der Waals surface area contributed by atoms with Gasteiger partial charge >= 0.3 is 5.63 Å². The molecule has 124 valence electrons. The third-order valence-electron chi connectivity index (χ3n) is 3.06. The Labute approximate surface area is 132 Å². The molecule has 23 heavy (non-hydrogen) atoms. The number of aromatic hydroxyl groups is 1. The Morgan fingerprint density at radius 2 is 2.17 bits per heavy atom. The van der Waals surface area contributed by atoms with Crippen LogP contribution in [0.25, 0.3) is 11.0 Å². The highest BCUT2D eigenvalue weighted by atomic mass is 16.5. The lowest BCUT2D eigenvalue weighted by Crippen LogP contribution is -2.15. The van der Waals surface area contributed by atoms with Gasteiger partial charge in [-0.05, 0) is 19.1 Å². The van der Waals surface area contributed by atoms with Gasteiger partial charge in [0.1, 0.15) is 11.3 Å². The van der Waals surface area contributed by atoms with Crippen LogP contribution < -0.4 is 15.1 Å². The van der Waals surface area contributed by atoms with Gasteiger partial charge in [-0.2, -0.15) is 0 Å². The smallest absolute Gasteiger partial charge is 0.383 e. The highest BCUT2D eigenvalue weighted by Gasteiger charge is 2.15. The average molecular weight is 322 g/mol. The summed E-state index contributed by atoms with van der Waals surface area (Å²) >= 11 is 0. The van der Waals surface area contributed by atoms with Crippen LogP contribution in [0.4, 0.5) is 0 Å². The van der Waals surface area contributed by atoms with Crippen molar-refractivity contribution in [2.75, 3.05) is 13.2 Å². The molecule has 1 unspecified atom stereocenters. The van der Waals surface area contributed by atoms with Crippen molar-refractivity contribution in [2.45, 2.75) is 19.4 Å². The number of ether oxygens (including phenoxy) is 2. The van der Waals surface area contributed by atoms with E-state index in [0.717, 1.165) is 0 Å². The molecular weight excluding hydrogens is 304 g/mol. The molecule has 0 spiro atoms. The molecular formula is C16H18O7. The summed E-state index contributed by atoms with van der Waals surface area (Å²) in [6, 6.07) is 4.59. The van der Waals surface area contributed by atoms with Crippen LogP contribution in [0.15, 0.2) is 39.7 Å². The molecule has 2 aromatic rings. The second-order valence-corrected chi connectivity index (χ2v) is 4.79. The molecule has 0 amide bonds. The van der Waals surface area contributed by atoms with Crippen molar-refractivity contribution < 1.29 is 29.2 Å². The third-order valence-corrected chi connectivity index (χ3v) is 3.06. The topological polar surface area (TPSA) is 109 Å². The maximum Gasteiger partial charge on any atom is 0.383 e. The monoisotopic (exact) mass is 322 g/mol. The number of benzene rings is 1. The van der Waals surface area contributed by atoms with E-state index in [9.17, 15) is 15.0 Å². The van der Waals surface area contributed by atoms with Crippen LogP contribution >= 0.6 is 0 Å². The second-order valence-electron chi connectivity index (χ2n) is 4.79. The van der Waals surface area contributed by atoms with Gasteiger partial charge in [0, 0.05) is 12.5 Å². The molecule has 7 nitrogen and oxygen atoms in total. The van der Waals surface area contributed by atoms with Gasteiger partial charge in [0.15, 0.2) is 5.75 Å². The van der Waals surface area contributed by atoms with Crippen molar-refractivity contribution in [3.05, 3.63) is 41.0 Å². The van der Waals surface area contributed by atoms with E-state index in [1.54, 1.807) is 19.1 Å². The number of allylic oxidation sites excluding steroid dienone is 1. The molecule has 0 bridgehead atoms. The van der Waals surface area contributed by atoms with Gasteiger partial charge in [0.05, 0.1) is 31.0 Å². The predicted molar refractivity (Wildman–Crippen MR) is 82.8 cm³/mol. The van der Waals surface area contributed by atoms with Gasteiger partial charge in [-0.15, -0.1) is 0 Å². The zero-order valence-corrected chi connectivity index (χ0v) is 12.6. The van der Waals surface area contributed by atoms with Crippen molar-refractivity contribution in [3.63, 3.8) is 0 Å². The van der Waals surface area contributed by atoms with Crippen LogP contribution in [-0.4, -0.2) is 34.6 Å². The number of fused-ring (bicyclic) bond motifs is 1. The summed E-state index contributed by atoms with van der Waals surface area (Å²) in [6.45, 7) is 1.56. The van der Waals surface area contributed by atoms with E-state index in [2.05, 4.69) is 0 Å². The molecule has 0 saturated carbocycles. The average Bonchev–Trinajstić information content (AvgIpc) is 2.54. The van der Waals surface area contributed by atoms with Gasteiger partial charge in [0.2, 0.25) is 0 Å². The summed E-state index contributed by atoms with van der Waals surface area (Å²) < 4.78 is 15.6. The summed E-state index contributed by atoms with van der Waals surface area (Å²) in [5.74, 6) is -0.181. The summed E-state index contributed by atoms with van der Waals surface area (Å²) in [5.41, 5.74) is -0.651. The Kier molecular flexibility index (Phi) is 5.61. The molecule has 0 aliphatic carbocycles. The van der Waals surface area contributed by atoms with Gasteiger partial charge in [-0.3, -0.25) is 0 Å². The van der Waals surface area contributed by atoms with E-state index >= 15 is 0 Å². The lowest BCUT2D eigenvalue weighted by Gasteiger charge is -2.10. The van der Waals surface area contributed by atoms with Crippen LogP contribution in [0.2, 0.25) is 0 Å². The highest BCUT2D eigenvalue weighted by Crippen LogP contribution is 2.33. The molecule has 1 heterocycles. The Balaban J connectivity index is 2.25. The maximum absolute atomic E-state index is 11.8. The highest BCUT2D eigenvalue weighted by molar-refractivity contribution is 5.86. The molecule has 0 fully saturated rings. The molecule has 1 aromatic heterocycles. The summed E-state index contributed by atoms with van der Waals surface area (Å²) in [6.07, 6.45) is 2.26. The lowest BCUT2D eigenvalue weighted by molar-refractivity contribution is 0.0754. The zero-order chi connectivity index (χ0) is 16.8. The first-order valence-corrected chi connectivity index (χ1v) is 7.06. The standard InChI is InChI=1S/C16H18O7/c1-2-6-22-15-14(19)12-4-3-11(8-13(12)23-16(15)20)21-7-5-10(18)9-17/h2-4,6,8,10,17-19H,5,7,9H2,1H3/b6-2-. The predicted octanol–water partition coefficient (Wildman–Crippen LogP) is 1.53. The van der Waals surface area contributed by atoms with E-state index < -0.39 is 11.7 Å². The minimum absolute atomic E-state index is 0.153. The van der Waals surface area contributed by atoms with Crippen LogP contribution in [0.5, 0.6) is 17.2 Å². The van der Waals surface area contributed by atoms with Gasteiger partial charge in [0.25, 0.3) is 5.75 Å². The molecule has 0 aliphatic rings. The van der Waals surface area contributed by atoms with E-state index in [-0.39, 0.29) is 36.7 Å². The zero-order valence-electron chi connectivity index (χ0n) is 12.6. The van der Waals surface area contributed by atoms with E-state index in [0.29, 0.717) is 11.1 Å². The van der Waals surface area contributed by atoms with E-state index in [4.69, 9.17) is 19.0 Å². The van der Waals surface area contributed by atoms with Crippen molar-refractivity contribution in [1.82, 2.24) is 0 Å². The van der Waals surface area contributed by atoms with Crippen LogP contribution in [-0.2, 0) is 0 Å². The lowest BCUT2D eigenvalue weighted by atomic mass is 10.2. The minimum atomic E-state index is -0.844. The Morgan fingerprint density at radius 3 is 2.87 bits per heavy atom. The Morgan fingerprint density at radius 1 is 1.39 bits per heavy atom. The van der Waals surface area contributed by atoms with Crippen LogP contribution in [0.1, 0.15) is 13.3 Å². The van der Waals surface area contributed by atoms with E-state index in [1.165, 1.54) is 18.4 Å². The molecule has 1 atom stereocenters. The second kappa shape index (κ2) is 7.66. The normalized spacial score (nSPS) is 12.7. The molecule has 0 aliphatic heterocycles. The van der Waals surface area contributed by atoms with Crippen molar-refractivity contribution >= 4 is 11.0 Å². The van der Waals surface area contributed by atoms with Crippen molar-refractivity contribution in [2.24, 2.45) is 0 Å². The van der Waals surface area contributed by atoms with Crippen LogP contribution in [0.3, 0.4) is 0 Å². The number of rotatable bonds is 7. The molecule has 7 heteroatoms. The first kappa shape index (κ1) is 16.9. The number of aliphatic hydroxyl groups excluding tert-OH is 2. The third kappa shape index (κ3) is 4.02. The SMILES string of the molecule is C/C=C\Oc1c(O)c2ccc(OCCC(O)CO)cc2oc1=O. The van der Waals surface area contributed by atoms with Crippen molar-refractivity contribution in [3.8, 4) is 17.2 Å². The van der Waals surface area contributed by atoms with Gasteiger partial charge < -0.3 is 29.2 Å². The molecule has 0 radical (unpaired) electrons. The number of aliphatic hydroxyl groups is 2. The largest absolute Gasteiger partial charge is 0.504 e. The molecule has 2 rings (SSSR count). The first-order chi connectivity index (χ1) is 11.1. The number of hydrogen-bond acceptors (Lipinski definition) is 7. The molecule has 1 aromatic carbocycles. The first-order valence-electron chi connectivity index (χ1n) is 7.06. The summed E-state index contributed by atoms with van der Waals surface area (Å²) in [7, 11) is 0. The Hall–Kier alpha value is -2.51.